The van der Waals surface area contributed by atoms with Crippen LogP contribution in [0.4, 0.5) is 5.82 Å². The molecule has 1 aliphatic rings. The minimum absolute atomic E-state index is 0.00112. The molecule has 1 aromatic carbocycles. The Labute approximate surface area is 183 Å². The van der Waals surface area contributed by atoms with Gasteiger partial charge in [-0.2, -0.15) is 0 Å². The van der Waals surface area contributed by atoms with E-state index in [1.54, 1.807) is 24.8 Å². The van der Waals surface area contributed by atoms with Gasteiger partial charge in [-0.15, -0.1) is 0 Å². The number of hydrogen-bond acceptors (Lipinski definition) is 6. The van der Waals surface area contributed by atoms with Crippen LogP contribution in [-0.4, -0.2) is 58.5 Å². The molecule has 7 nitrogen and oxygen atoms in total. The molecule has 0 N–H and O–H groups in total. The number of pyridine rings is 1. The number of benzene rings is 1. The number of ether oxygens (including phenoxy) is 1. The first-order chi connectivity index (χ1) is 14.6. The normalized spacial score (nSPS) is 13.9. The van der Waals surface area contributed by atoms with E-state index in [9.17, 15) is 4.79 Å². The average Bonchev–Trinajstić information content (AvgIpc) is 2.79. The highest BCUT2D eigenvalue weighted by Gasteiger charge is 2.23. The van der Waals surface area contributed by atoms with Gasteiger partial charge in [0.05, 0.1) is 17.9 Å². The summed E-state index contributed by atoms with van der Waals surface area (Å²) in [6.45, 7) is 5.30. The summed E-state index contributed by atoms with van der Waals surface area (Å²) < 4.78 is 6.30. The first-order valence-corrected chi connectivity index (χ1v) is 10.6. The molecule has 0 bridgehead atoms. The van der Waals surface area contributed by atoms with Crippen molar-refractivity contribution in [1.82, 2.24) is 19.9 Å². The van der Waals surface area contributed by atoms with E-state index in [2.05, 4.69) is 35.8 Å². The highest BCUT2D eigenvalue weighted by Crippen LogP contribution is 2.24. The largest absolute Gasteiger partial charge is 0.494 e. The molecule has 0 saturated carbocycles. The van der Waals surface area contributed by atoms with Crippen molar-refractivity contribution in [2.24, 2.45) is 0 Å². The van der Waals surface area contributed by atoms with E-state index in [-0.39, 0.29) is 5.91 Å². The molecular formula is C22H22BrN5O2. The van der Waals surface area contributed by atoms with E-state index in [4.69, 9.17) is 4.74 Å². The molecule has 1 fully saturated rings. The lowest BCUT2D eigenvalue weighted by atomic mass is 10.1. The zero-order chi connectivity index (χ0) is 20.9. The third kappa shape index (κ3) is 4.59. The smallest absolute Gasteiger partial charge is 0.255 e. The molecule has 0 spiro atoms. The van der Waals surface area contributed by atoms with Gasteiger partial charge < -0.3 is 14.5 Å². The lowest BCUT2D eigenvalue weighted by Gasteiger charge is -2.35. The molecule has 0 atom stereocenters. The van der Waals surface area contributed by atoms with E-state index < -0.39 is 0 Å². The lowest BCUT2D eigenvalue weighted by Crippen LogP contribution is -2.49. The Hall–Kier alpha value is -3.00. The van der Waals surface area contributed by atoms with Crippen molar-refractivity contribution in [3.05, 3.63) is 65.2 Å². The fraction of sp³-hybridized carbons (Fsp3) is 0.273. The number of piperazine rings is 1. The molecular weight excluding hydrogens is 446 g/mol. The maximum atomic E-state index is 12.7. The van der Waals surface area contributed by atoms with Gasteiger partial charge in [0.2, 0.25) is 0 Å². The average molecular weight is 468 g/mol. The van der Waals surface area contributed by atoms with E-state index in [1.165, 1.54) is 0 Å². The molecule has 154 valence electrons. The number of hydrogen-bond donors (Lipinski definition) is 0. The maximum absolute atomic E-state index is 12.7. The minimum atomic E-state index is 0.00112. The molecule has 1 saturated heterocycles. The number of halogens is 1. The Bertz CT molecular complexity index is 1020. The number of rotatable bonds is 5. The van der Waals surface area contributed by atoms with Gasteiger partial charge in [-0.25, -0.2) is 9.97 Å². The molecule has 0 unspecified atom stereocenters. The van der Waals surface area contributed by atoms with Crippen LogP contribution in [0.25, 0.3) is 11.3 Å². The molecule has 2 aromatic heterocycles. The number of amides is 1. The first-order valence-electron chi connectivity index (χ1n) is 9.84. The van der Waals surface area contributed by atoms with Crippen molar-refractivity contribution >= 4 is 27.7 Å². The molecule has 1 amide bonds. The summed E-state index contributed by atoms with van der Waals surface area (Å²) in [6.07, 6.45) is 4.87. The Morgan fingerprint density at radius 3 is 2.53 bits per heavy atom. The maximum Gasteiger partial charge on any atom is 0.255 e. The van der Waals surface area contributed by atoms with Crippen molar-refractivity contribution in [1.29, 1.82) is 0 Å². The van der Waals surface area contributed by atoms with Crippen molar-refractivity contribution in [2.75, 3.05) is 37.7 Å². The van der Waals surface area contributed by atoms with Crippen LogP contribution in [0.1, 0.15) is 17.3 Å². The molecule has 30 heavy (non-hydrogen) atoms. The van der Waals surface area contributed by atoms with Gasteiger partial charge in [-0.1, -0.05) is 0 Å². The number of carbonyl (C=O) groups excluding carboxylic acids is 1. The van der Waals surface area contributed by atoms with Crippen LogP contribution in [0.2, 0.25) is 0 Å². The summed E-state index contributed by atoms with van der Waals surface area (Å²) in [5.74, 6) is 1.71. The summed E-state index contributed by atoms with van der Waals surface area (Å²) in [7, 11) is 0. The van der Waals surface area contributed by atoms with Crippen molar-refractivity contribution in [3.63, 3.8) is 0 Å². The topological polar surface area (TPSA) is 71.5 Å². The predicted molar refractivity (Wildman–Crippen MR) is 119 cm³/mol. The number of anilines is 1. The van der Waals surface area contributed by atoms with Gasteiger partial charge in [0, 0.05) is 54.7 Å². The summed E-state index contributed by atoms with van der Waals surface area (Å²) >= 11 is 3.37. The van der Waals surface area contributed by atoms with E-state index in [0.29, 0.717) is 38.3 Å². The Morgan fingerprint density at radius 1 is 1.07 bits per heavy atom. The molecule has 0 aliphatic carbocycles. The second-order valence-electron chi connectivity index (χ2n) is 6.89. The van der Waals surface area contributed by atoms with Gasteiger partial charge >= 0.3 is 0 Å². The Morgan fingerprint density at radius 2 is 1.83 bits per heavy atom. The standard InChI is InChI=1S/C22H22BrN5O2/c1-2-30-19-5-3-16(4-6-19)20-12-21(26-15-25-20)27-7-9-28(10-8-27)22(29)17-11-18(23)14-24-13-17/h3-6,11-15H,2,7-10H2,1H3. The highest BCUT2D eigenvalue weighted by atomic mass is 79.9. The fourth-order valence-electron chi connectivity index (χ4n) is 3.42. The Kier molecular flexibility index (Phi) is 6.23. The van der Waals surface area contributed by atoms with Gasteiger partial charge in [0.1, 0.15) is 17.9 Å². The number of aromatic nitrogens is 3. The summed E-state index contributed by atoms with van der Waals surface area (Å²) in [4.78, 5) is 29.7. The quantitative estimate of drug-likeness (QED) is 0.569. The van der Waals surface area contributed by atoms with Crippen LogP contribution >= 0.6 is 15.9 Å². The summed E-state index contributed by atoms with van der Waals surface area (Å²) in [5.41, 5.74) is 2.47. The van der Waals surface area contributed by atoms with Crippen LogP contribution in [0, 0.1) is 0 Å². The molecule has 3 aromatic rings. The highest BCUT2D eigenvalue weighted by molar-refractivity contribution is 9.10. The first kappa shape index (κ1) is 20.3. The predicted octanol–water partition coefficient (Wildman–Crippen LogP) is 3.66. The third-order valence-corrected chi connectivity index (χ3v) is 5.39. The van der Waals surface area contributed by atoms with Gasteiger partial charge in [0.15, 0.2) is 0 Å². The van der Waals surface area contributed by atoms with E-state index in [0.717, 1.165) is 27.3 Å². The van der Waals surface area contributed by atoms with Gasteiger partial charge in [-0.05, 0) is 53.2 Å². The van der Waals surface area contributed by atoms with Crippen LogP contribution in [0.15, 0.2) is 59.6 Å². The number of carbonyl (C=O) groups is 1. The molecule has 1 aliphatic heterocycles. The Balaban J connectivity index is 1.42. The van der Waals surface area contributed by atoms with Crippen molar-refractivity contribution < 1.29 is 9.53 Å². The minimum Gasteiger partial charge on any atom is -0.494 e. The summed E-state index contributed by atoms with van der Waals surface area (Å²) in [6, 6.07) is 11.7. The molecule has 4 rings (SSSR count). The van der Waals surface area contributed by atoms with E-state index in [1.807, 2.05) is 42.2 Å². The monoisotopic (exact) mass is 467 g/mol. The molecule has 8 heteroatoms. The molecule has 3 heterocycles. The zero-order valence-corrected chi connectivity index (χ0v) is 18.2. The van der Waals surface area contributed by atoms with Crippen LogP contribution in [0.5, 0.6) is 5.75 Å². The van der Waals surface area contributed by atoms with Crippen LogP contribution in [-0.2, 0) is 0 Å². The van der Waals surface area contributed by atoms with Crippen molar-refractivity contribution in [2.45, 2.75) is 6.92 Å². The fourth-order valence-corrected chi connectivity index (χ4v) is 3.78. The third-order valence-electron chi connectivity index (χ3n) is 4.96. The van der Waals surface area contributed by atoms with Crippen LogP contribution < -0.4 is 9.64 Å². The van der Waals surface area contributed by atoms with Crippen molar-refractivity contribution in [3.8, 4) is 17.0 Å². The number of nitrogens with zero attached hydrogens (tertiary/aromatic N) is 5. The molecule has 0 radical (unpaired) electrons. The van der Waals surface area contributed by atoms with Gasteiger partial charge in [0.25, 0.3) is 5.91 Å². The van der Waals surface area contributed by atoms with E-state index >= 15 is 0 Å². The lowest BCUT2D eigenvalue weighted by molar-refractivity contribution is 0.0746. The second-order valence-corrected chi connectivity index (χ2v) is 7.81. The van der Waals surface area contributed by atoms with Gasteiger partial charge in [-0.3, -0.25) is 9.78 Å². The summed E-state index contributed by atoms with van der Waals surface area (Å²) in [5, 5.41) is 0. The van der Waals surface area contributed by atoms with Crippen LogP contribution in [0.3, 0.4) is 0 Å². The SMILES string of the molecule is CCOc1ccc(-c2cc(N3CCN(C(=O)c4cncc(Br)c4)CC3)ncn2)cc1. The zero-order valence-electron chi connectivity index (χ0n) is 16.7. The second kappa shape index (κ2) is 9.21.